The molecule has 1 N–H and O–H groups in total. The van der Waals surface area contributed by atoms with Crippen molar-refractivity contribution in [1.29, 1.82) is 0 Å². The van der Waals surface area contributed by atoms with Gasteiger partial charge >= 0.3 is 0 Å². The summed E-state index contributed by atoms with van der Waals surface area (Å²) >= 11 is 24.2. The lowest BCUT2D eigenvalue weighted by atomic mass is 10.3. The number of nitrogens with zero attached hydrogens (tertiary/aromatic N) is 1. The molecule has 92 valence electrons. The maximum absolute atomic E-state index is 9.67. The van der Waals surface area contributed by atoms with Crippen molar-refractivity contribution in [3.05, 3.63) is 28.2 Å². The Bertz CT molecular complexity index is 537. The van der Waals surface area contributed by atoms with Crippen molar-refractivity contribution in [3.63, 3.8) is 0 Å². The normalized spacial score (nSPS) is 14.2. The largest absolute Gasteiger partial charge is 0.388 e. The first-order valence-electron chi connectivity index (χ1n) is 4.66. The van der Waals surface area contributed by atoms with Crippen LogP contribution in [0, 0.1) is 0 Å². The molecule has 7 heteroatoms. The quantitative estimate of drug-likeness (QED) is 0.836. The number of thiazole rings is 1. The summed E-state index contributed by atoms with van der Waals surface area (Å²) in [5.74, 6) is 0. The van der Waals surface area contributed by atoms with Gasteiger partial charge in [0.2, 0.25) is 3.79 Å². The predicted molar refractivity (Wildman–Crippen MR) is 74.6 cm³/mol. The molecular weight excluding hydrogens is 324 g/mol. The van der Waals surface area contributed by atoms with Gasteiger partial charge in [0.05, 0.1) is 14.7 Å². The molecule has 1 aromatic carbocycles. The van der Waals surface area contributed by atoms with E-state index in [2.05, 4.69) is 4.98 Å². The number of halogens is 4. The standard InChI is InChI=1S/C10H7Cl4NOS/c11-5-2-1-3-6-9(5)15-8(17-6)4-7(16)10(12,13)14/h1-3,7,16H,4H2. The molecule has 1 atom stereocenters. The smallest absolute Gasteiger partial charge is 0.216 e. The molecule has 0 amide bonds. The molecule has 2 nitrogen and oxygen atoms in total. The fourth-order valence-electron chi connectivity index (χ4n) is 1.33. The third-order valence-electron chi connectivity index (χ3n) is 2.16. The maximum atomic E-state index is 9.67. The minimum absolute atomic E-state index is 0.187. The first-order chi connectivity index (χ1) is 7.88. The molecule has 17 heavy (non-hydrogen) atoms. The van der Waals surface area contributed by atoms with Crippen molar-refractivity contribution in [2.45, 2.75) is 16.3 Å². The average molecular weight is 331 g/mol. The third kappa shape index (κ3) is 3.16. The Labute approximate surface area is 122 Å². The molecule has 2 aromatic rings. The van der Waals surface area contributed by atoms with Crippen LogP contribution >= 0.6 is 57.7 Å². The maximum Gasteiger partial charge on any atom is 0.216 e. The van der Waals surface area contributed by atoms with Crippen LogP contribution in [0.3, 0.4) is 0 Å². The molecule has 0 aliphatic carbocycles. The second-order valence-electron chi connectivity index (χ2n) is 3.46. The molecule has 0 aliphatic rings. The zero-order valence-corrected chi connectivity index (χ0v) is 12.2. The Hall–Kier alpha value is 0.230. The van der Waals surface area contributed by atoms with Gasteiger partial charge in [-0.3, -0.25) is 0 Å². The Kier molecular flexibility index (Phi) is 4.08. The molecule has 0 radical (unpaired) electrons. The van der Waals surface area contributed by atoms with Crippen molar-refractivity contribution < 1.29 is 5.11 Å². The third-order valence-corrected chi connectivity index (χ3v) is 4.26. The number of aromatic nitrogens is 1. The first kappa shape index (κ1) is 13.7. The van der Waals surface area contributed by atoms with Crippen molar-refractivity contribution in [2.75, 3.05) is 0 Å². The number of alkyl halides is 3. The van der Waals surface area contributed by atoms with E-state index in [0.29, 0.717) is 15.5 Å². The van der Waals surface area contributed by atoms with E-state index in [1.165, 1.54) is 11.3 Å². The van der Waals surface area contributed by atoms with Gasteiger partial charge in [0.1, 0.15) is 11.6 Å². The van der Waals surface area contributed by atoms with E-state index in [9.17, 15) is 5.11 Å². The minimum atomic E-state index is -1.71. The SMILES string of the molecule is OC(Cc1nc2c(Cl)cccc2s1)C(Cl)(Cl)Cl. The number of hydrogen-bond donors (Lipinski definition) is 1. The molecule has 0 saturated carbocycles. The summed E-state index contributed by atoms with van der Waals surface area (Å²) in [6.07, 6.45) is -0.904. The van der Waals surface area contributed by atoms with Gasteiger partial charge in [0.25, 0.3) is 0 Å². The van der Waals surface area contributed by atoms with Crippen molar-refractivity contribution >= 4 is 68.0 Å². The van der Waals surface area contributed by atoms with Crippen LogP contribution in [0.4, 0.5) is 0 Å². The van der Waals surface area contributed by atoms with E-state index in [4.69, 9.17) is 46.4 Å². The summed E-state index contributed by atoms with van der Waals surface area (Å²) in [7, 11) is 0. The van der Waals surface area contributed by atoms with E-state index in [-0.39, 0.29) is 6.42 Å². The Balaban J connectivity index is 2.29. The van der Waals surface area contributed by atoms with Gasteiger partial charge in [-0.25, -0.2) is 4.98 Å². The van der Waals surface area contributed by atoms with E-state index in [1.54, 1.807) is 6.07 Å². The average Bonchev–Trinajstić information content (AvgIpc) is 2.60. The molecule has 0 fully saturated rings. The van der Waals surface area contributed by atoms with Crippen molar-refractivity contribution in [1.82, 2.24) is 4.98 Å². The fourth-order valence-corrected chi connectivity index (χ4v) is 2.86. The second-order valence-corrected chi connectivity index (χ2v) is 7.35. The summed E-state index contributed by atoms with van der Waals surface area (Å²) in [5.41, 5.74) is 0.714. The van der Waals surface area contributed by atoms with Crippen LogP contribution in [0.15, 0.2) is 18.2 Å². The lowest BCUT2D eigenvalue weighted by Gasteiger charge is -2.17. The molecule has 0 aliphatic heterocycles. The summed E-state index contributed by atoms with van der Waals surface area (Å²) in [6, 6.07) is 5.51. The van der Waals surface area contributed by atoms with Crippen LogP contribution in [0.5, 0.6) is 0 Å². The van der Waals surface area contributed by atoms with Crippen molar-refractivity contribution in [2.24, 2.45) is 0 Å². The van der Waals surface area contributed by atoms with Gasteiger partial charge in [-0.1, -0.05) is 52.5 Å². The van der Waals surface area contributed by atoms with Crippen LogP contribution in [0.2, 0.25) is 5.02 Å². The van der Waals surface area contributed by atoms with E-state index >= 15 is 0 Å². The number of benzene rings is 1. The second kappa shape index (κ2) is 5.08. The van der Waals surface area contributed by atoms with Crippen molar-refractivity contribution in [3.8, 4) is 0 Å². The monoisotopic (exact) mass is 329 g/mol. The molecule has 1 heterocycles. The number of rotatable bonds is 2. The molecule has 1 aromatic heterocycles. The molecule has 2 rings (SSSR count). The van der Waals surface area contributed by atoms with Gasteiger partial charge < -0.3 is 5.11 Å². The highest BCUT2D eigenvalue weighted by Crippen LogP contribution is 2.34. The highest BCUT2D eigenvalue weighted by molar-refractivity contribution is 7.18. The highest BCUT2D eigenvalue weighted by atomic mass is 35.6. The van der Waals surface area contributed by atoms with Gasteiger partial charge in [0, 0.05) is 6.42 Å². The number of hydrogen-bond acceptors (Lipinski definition) is 3. The number of aliphatic hydroxyl groups excluding tert-OH is 1. The molecule has 0 spiro atoms. The van der Waals surface area contributed by atoms with Gasteiger partial charge in [-0.2, -0.15) is 0 Å². The molecular formula is C10H7Cl4NOS. The lowest BCUT2D eigenvalue weighted by molar-refractivity contribution is 0.179. The molecule has 1 unspecified atom stereocenters. The van der Waals surface area contributed by atoms with Crippen LogP contribution < -0.4 is 0 Å². The summed E-state index contributed by atoms with van der Waals surface area (Å²) < 4.78 is -0.759. The van der Waals surface area contributed by atoms with E-state index in [0.717, 1.165) is 4.70 Å². The minimum Gasteiger partial charge on any atom is -0.388 e. The summed E-state index contributed by atoms with van der Waals surface area (Å²) in [4.78, 5) is 4.32. The molecule has 0 saturated heterocycles. The number of para-hydroxylation sites is 1. The Morgan fingerprint density at radius 2 is 2.06 bits per heavy atom. The van der Waals surface area contributed by atoms with Gasteiger partial charge in [0.15, 0.2) is 0 Å². The summed E-state index contributed by atoms with van der Waals surface area (Å²) in [5, 5.41) is 10.9. The van der Waals surface area contributed by atoms with Crippen LogP contribution in [0.25, 0.3) is 10.2 Å². The highest BCUT2D eigenvalue weighted by Gasteiger charge is 2.31. The van der Waals surface area contributed by atoms with Crippen LogP contribution in [-0.2, 0) is 6.42 Å². The Morgan fingerprint density at radius 1 is 1.35 bits per heavy atom. The Morgan fingerprint density at radius 3 is 2.65 bits per heavy atom. The first-order valence-corrected chi connectivity index (χ1v) is 6.99. The van der Waals surface area contributed by atoms with Crippen LogP contribution in [-0.4, -0.2) is 20.0 Å². The number of aliphatic hydroxyl groups is 1. The topological polar surface area (TPSA) is 33.1 Å². The zero-order chi connectivity index (χ0) is 12.6. The fraction of sp³-hybridized carbons (Fsp3) is 0.300. The lowest BCUT2D eigenvalue weighted by Crippen LogP contribution is -2.27. The van der Waals surface area contributed by atoms with Gasteiger partial charge in [-0.05, 0) is 12.1 Å². The van der Waals surface area contributed by atoms with Crippen LogP contribution in [0.1, 0.15) is 5.01 Å². The van der Waals surface area contributed by atoms with E-state index < -0.39 is 9.90 Å². The zero-order valence-electron chi connectivity index (χ0n) is 8.33. The summed E-state index contributed by atoms with van der Waals surface area (Å²) in [6.45, 7) is 0. The molecule has 0 bridgehead atoms. The van der Waals surface area contributed by atoms with E-state index in [1.807, 2.05) is 12.1 Å². The number of fused-ring (bicyclic) bond motifs is 1. The van der Waals surface area contributed by atoms with Gasteiger partial charge in [-0.15, -0.1) is 11.3 Å². The predicted octanol–water partition coefficient (Wildman–Crippen LogP) is 4.22.